The summed E-state index contributed by atoms with van der Waals surface area (Å²) in [6, 6.07) is 5.33. The van der Waals surface area contributed by atoms with E-state index in [1.807, 2.05) is 6.07 Å². The van der Waals surface area contributed by atoms with E-state index in [2.05, 4.69) is 21.0 Å². The number of aliphatic hydroxyl groups is 1. The predicted octanol–water partition coefficient (Wildman–Crippen LogP) is 2.93. The van der Waals surface area contributed by atoms with Gasteiger partial charge < -0.3 is 9.84 Å². The van der Waals surface area contributed by atoms with Crippen molar-refractivity contribution in [3.05, 3.63) is 45.1 Å². The topological polar surface area (TPSA) is 47.3 Å². The monoisotopic (exact) mass is 330 g/mol. The quantitative estimate of drug-likeness (QED) is 0.940. The van der Waals surface area contributed by atoms with Crippen molar-refractivity contribution in [3.63, 3.8) is 0 Å². The van der Waals surface area contributed by atoms with Crippen LogP contribution < -0.4 is 4.74 Å². The number of ether oxygens (including phenoxy) is 1. The molecule has 4 nitrogen and oxygen atoms in total. The molecule has 0 radical (unpaired) electrons. The summed E-state index contributed by atoms with van der Waals surface area (Å²) in [6.07, 6.45) is 0.679. The zero-order chi connectivity index (χ0) is 13.3. The van der Waals surface area contributed by atoms with Crippen LogP contribution in [-0.2, 0) is 7.05 Å². The van der Waals surface area contributed by atoms with E-state index in [4.69, 9.17) is 16.3 Å². The van der Waals surface area contributed by atoms with Gasteiger partial charge in [-0.2, -0.15) is 5.10 Å². The van der Waals surface area contributed by atoms with Crippen molar-refractivity contribution in [1.82, 2.24) is 9.78 Å². The van der Waals surface area contributed by atoms with Crippen molar-refractivity contribution < 1.29 is 9.84 Å². The third-order valence-electron chi connectivity index (χ3n) is 2.69. The lowest BCUT2D eigenvalue weighted by atomic mass is 10.1. The lowest BCUT2D eigenvalue weighted by Gasteiger charge is -2.15. The molecule has 0 bridgehead atoms. The minimum atomic E-state index is -0.881. The molecule has 0 aliphatic carbocycles. The third kappa shape index (κ3) is 2.39. The first kappa shape index (κ1) is 13.4. The zero-order valence-electron chi connectivity index (χ0n) is 9.89. The molecule has 0 saturated carbocycles. The van der Waals surface area contributed by atoms with Crippen molar-refractivity contribution in [3.8, 4) is 5.75 Å². The first-order valence-corrected chi connectivity index (χ1v) is 6.40. The third-order valence-corrected chi connectivity index (χ3v) is 3.51. The molecular formula is C12H12BrClN2O2. The van der Waals surface area contributed by atoms with Crippen LogP contribution in [0.5, 0.6) is 5.75 Å². The molecule has 1 N–H and O–H groups in total. The van der Waals surface area contributed by atoms with E-state index in [0.29, 0.717) is 22.0 Å². The molecule has 0 saturated heterocycles. The highest BCUT2D eigenvalue weighted by Gasteiger charge is 2.22. The summed E-state index contributed by atoms with van der Waals surface area (Å²) in [7, 11) is 3.28. The van der Waals surface area contributed by atoms with Crippen LogP contribution in [0.1, 0.15) is 17.4 Å². The second-order valence-corrected chi connectivity index (χ2v) is 5.11. The summed E-state index contributed by atoms with van der Waals surface area (Å²) in [5.41, 5.74) is 1.18. The molecule has 6 heteroatoms. The molecule has 96 valence electrons. The molecule has 0 aliphatic rings. The number of aliphatic hydroxyl groups excluding tert-OH is 1. The molecule has 0 amide bonds. The van der Waals surface area contributed by atoms with Crippen molar-refractivity contribution >= 4 is 27.5 Å². The molecule has 1 atom stereocenters. The van der Waals surface area contributed by atoms with Gasteiger partial charge in [0.15, 0.2) is 5.75 Å². The minimum absolute atomic E-state index is 0.486. The van der Waals surface area contributed by atoms with Crippen molar-refractivity contribution in [1.29, 1.82) is 0 Å². The average Bonchev–Trinajstić information content (AvgIpc) is 2.69. The van der Waals surface area contributed by atoms with Crippen LogP contribution in [-0.4, -0.2) is 22.0 Å². The van der Waals surface area contributed by atoms with E-state index >= 15 is 0 Å². The molecule has 1 aromatic carbocycles. The fraction of sp³-hybridized carbons (Fsp3) is 0.250. The van der Waals surface area contributed by atoms with Crippen LogP contribution in [0.2, 0.25) is 5.02 Å². The van der Waals surface area contributed by atoms with Gasteiger partial charge in [-0.3, -0.25) is 4.68 Å². The zero-order valence-corrected chi connectivity index (χ0v) is 12.2. The number of methoxy groups -OCH3 is 1. The highest BCUT2D eigenvalue weighted by atomic mass is 79.9. The summed E-state index contributed by atoms with van der Waals surface area (Å²) >= 11 is 9.46. The number of halogens is 2. The van der Waals surface area contributed by atoms with E-state index < -0.39 is 6.10 Å². The van der Waals surface area contributed by atoms with Crippen molar-refractivity contribution in [2.24, 2.45) is 7.05 Å². The summed E-state index contributed by atoms with van der Waals surface area (Å²) in [4.78, 5) is 0. The first-order valence-electron chi connectivity index (χ1n) is 5.23. The first-order chi connectivity index (χ1) is 8.54. The van der Waals surface area contributed by atoms with Gasteiger partial charge in [-0.25, -0.2) is 0 Å². The summed E-state index contributed by atoms with van der Waals surface area (Å²) < 4.78 is 7.61. The van der Waals surface area contributed by atoms with Gasteiger partial charge in [-0.1, -0.05) is 33.6 Å². The largest absolute Gasteiger partial charge is 0.493 e. The maximum Gasteiger partial charge on any atom is 0.162 e. The Hall–Kier alpha value is -1.04. The van der Waals surface area contributed by atoms with Gasteiger partial charge in [-0.15, -0.1) is 0 Å². The number of hydrogen-bond acceptors (Lipinski definition) is 3. The van der Waals surface area contributed by atoms with E-state index in [1.165, 1.54) is 7.11 Å². The molecule has 1 aromatic heterocycles. The molecule has 0 fully saturated rings. The van der Waals surface area contributed by atoms with Gasteiger partial charge in [0.1, 0.15) is 11.8 Å². The molecule has 18 heavy (non-hydrogen) atoms. The number of nitrogens with zero attached hydrogens (tertiary/aromatic N) is 2. The maximum absolute atomic E-state index is 10.4. The Bertz CT molecular complexity index is 571. The summed E-state index contributed by atoms with van der Waals surface area (Å²) in [5.74, 6) is 0.531. The van der Waals surface area contributed by atoms with Crippen LogP contribution in [0.4, 0.5) is 0 Å². The SMILES string of the molecule is COc1cnn(C)c1C(O)c1ccc(Br)cc1Cl. The minimum Gasteiger partial charge on any atom is -0.493 e. The van der Waals surface area contributed by atoms with Crippen LogP contribution >= 0.6 is 27.5 Å². The second kappa shape index (κ2) is 5.30. The maximum atomic E-state index is 10.4. The summed E-state index contributed by atoms with van der Waals surface area (Å²) in [6.45, 7) is 0. The Balaban J connectivity index is 2.47. The van der Waals surface area contributed by atoms with E-state index in [0.717, 1.165) is 4.47 Å². The summed E-state index contributed by atoms with van der Waals surface area (Å²) in [5, 5.41) is 15.0. The van der Waals surface area contributed by atoms with Crippen LogP contribution in [0, 0.1) is 0 Å². The molecule has 0 spiro atoms. The lowest BCUT2D eigenvalue weighted by molar-refractivity contribution is 0.204. The van der Waals surface area contributed by atoms with E-state index in [1.54, 1.807) is 30.1 Å². The van der Waals surface area contributed by atoms with Gasteiger partial charge in [-0.05, 0) is 12.1 Å². The molecule has 1 heterocycles. The average molecular weight is 332 g/mol. The number of rotatable bonds is 3. The van der Waals surface area contributed by atoms with Gasteiger partial charge >= 0.3 is 0 Å². The standard InChI is InChI=1S/C12H12BrClN2O2/c1-16-11(10(18-2)6-15-16)12(17)8-4-3-7(13)5-9(8)14/h3-6,12,17H,1-2H3. The Kier molecular flexibility index (Phi) is 3.94. The normalized spacial score (nSPS) is 12.5. The highest BCUT2D eigenvalue weighted by molar-refractivity contribution is 9.10. The van der Waals surface area contributed by atoms with Gasteiger partial charge in [0.05, 0.1) is 13.3 Å². The highest BCUT2D eigenvalue weighted by Crippen LogP contribution is 2.34. The molecule has 2 rings (SSSR count). The number of aryl methyl sites for hydroxylation is 1. The van der Waals surface area contributed by atoms with Crippen LogP contribution in [0.15, 0.2) is 28.9 Å². The van der Waals surface area contributed by atoms with Gasteiger partial charge in [0.2, 0.25) is 0 Å². The molecule has 2 aromatic rings. The van der Waals surface area contributed by atoms with Gasteiger partial charge in [0, 0.05) is 22.1 Å². The van der Waals surface area contributed by atoms with Crippen LogP contribution in [0.3, 0.4) is 0 Å². The second-order valence-electron chi connectivity index (χ2n) is 3.79. The fourth-order valence-corrected chi connectivity index (χ4v) is 2.54. The lowest BCUT2D eigenvalue weighted by Crippen LogP contribution is -2.08. The van der Waals surface area contributed by atoms with E-state index in [-0.39, 0.29) is 0 Å². The Labute approximate surface area is 118 Å². The Morgan fingerprint density at radius 3 is 2.83 bits per heavy atom. The Morgan fingerprint density at radius 1 is 1.50 bits per heavy atom. The fourth-order valence-electron chi connectivity index (χ4n) is 1.77. The number of benzene rings is 1. The molecular weight excluding hydrogens is 320 g/mol. The number of aromatic nitrogens is 2. The molecule has 1 unspecified atom stereocenters. The number of hydrogen-bond donors (Lipinski definition) is 1. The van der Waals surface area contributed by atoms with E-state index in [9.17, 15) is 5.11 Å². The Morgan fingerprint density at radius 2 is 2.22 bits per heavy atom. The molecule has 0 aliphatic heterocycles. The predicted molar refractivity (Wildman–Crippen MR) is 73.0 cm³/mol. The smallest absolute Gasteiger partial charge is 0.162 e. The van der Waals surface area contributed by atoms with Gasteiger partial charge in [0.25, 0.3) is 0 Å². The van der Waals surface area contributed by atoms with Crippen LogP contribution in [0.25, 0.3) is 0 Å². The van der Waals surface area contributed by atoms with Crippen molar-refractivity contribution in [2.75, 3.05) is 7.11 Å². The van der Waals surface area contributed by atoms with Crippen molar-refractivity contribution in [2.45, 2.75) is 6.10 Å².